The minimum absolute atomic E-state index is 0. The van der Waals surface area contributed by atoms with Crippen LogP contribution in [0, 0.1) is 0 Å². The van der Waals surface area contributed by atoms with E-state index in [1.54, 1.807) is 24.0 Å². The number of amides is 2. The van der Waals surface area contributed by atoms with Gasteiger partial charge < -0.3 is 19.8 Å². The van der Waals surface area contributed by atoms with Crippen molar-refractivity contribution in [3.8, 4) is 5.75 Å². The summed E-state index contributed by atoms with van der Waals surface area (Å²) in [7, 11) is 0. The van der Waals surface area contributed by atoms with E-state index < -0.39 is 12.1 Å². The Morgan fingerprint density at radius 2 is 1.69 bits per heavy atom. The van der Waals surface area contributed by atoms with E-state index in [1.807, 2.05) is 18.2 Å². The van der Waals surface area contributed by atoms with Crippen LogP contribution in [0.5, 0.6) is 5.75 Å². The number of nitrogens with one attached hydrogen (secondary N) is 2. The Labute approximate surface area is 184 Å². The second-order valence-electron chi connectivity index (χ2n) is 6.91. The third-order valence-electron chi connectivity index (χ3n) is 5.05. The number of carbonyl (C=O) groups excluding carboxylic acids is 2. The van der Waals surface area contributed by atoms with Crippen LogP contribution in [0.25, 0.3) is 0 Å². The van der Waals surface area contributed by atoms with Gasteiger partial charge in [-0.25, -0.2) is 9.59 Å². The van der Waals surface area contributed by atoms with Crippen molar-refractivity contribution in [2.24, 2.45) is 0 Å². The van der Waals surface area contributed by atoms with Crippen LogP contribution in [0.4, 0.5) is 4.79 Å². The van der Waals surface area contributed by atoms with Crippen LogP contribution in [0.1, 0.15) is 19.8 Å². The first-order chi connectivity index (χ1) is 13.1. The number of piperidine rings is 1. The zero-order chi connectivity index (χ0) is 19.1. The summed E-state index contributed by atoms with van der Waals surface area (Å²) in [4.78, 5) is 33.3. The molecule has 0 aromatic heterocycles. The molecular weight excluding hydrogens is 419 g/mol. The number of urea groups is 1. The lowest BCUT2D eigenvalue weighted by Crippen LogP contribution is -2.55. The normalized spacial score (nSPS) is 18.6. The van der Waals surface area contributed by atoms with E-state index in [4.69, 9.17) is 9.57 Å². The fourth-order valence-electron chi connectivity index (χ4n) is 3.45. The number of piperazine rings is 1. The van der Waals surface area contributed by atoms with Crippen molar-refractivity contribution in [3.05, 3.63) is 30.3 Å². The third-order valence-corrected chi connectivity index (χ3v) is 5.05. The Balaban J connectivity index is 0.00000210. The fraction of sp³-hybridized carbons (Fsp3) is 0.579. The summed E-state index contributed by atoms with van der Waals surface area (Å²) in [5.74, 6) is -0.0668. The van der Waals surface area contributed by atoms with Crippen LogP contribution in [0.2, 0.25) is 0 Å². The standard InChI is InChI=1S/C19H28N4O4.2ClH/c1-15(26-17-5-3-2-4-6-17)18(24)27-21-19(25)23-13-11-22(12-14-23)16-7-9-20-10-8-16;;/h2-6,15-16,20H,7-14H2,1H3,(H,21,25);2*1H. The Kier molecular flexibility index (Phi) is 11.1. The first-order valence-corrected chi connectivity index (χ1v) is 9.55. The van der Waals surface area contributed by atoms with Crippen LogP contribution < -0.4 is 15.5 Å². The molecule has 1 atom stereocenters. The molecule has 2 saturated heterocycles. The third kappa shape index (κ3) is 7.54. The lowest BCUT2D eigenvalue weighted by molar-refractivity contribution is -0.156. The minimum Gasteiger partial charge on any atom is -0.479 e. The van der Waals surface area contributed by atoms with Gasteiger partial charge in [0.2, 0.25) is 0 Å². The molecule has 0 spiro atoms. The number of nitrogens with zero attached hydrogens (tertiary/aromatic N) is 2. The molecule has 2 heterocycles. The summed E-state index contributed by atoms with van der Waals surface area (Å²) in [6.07, 6.45) is 1.50. The molecule has 0 aliphatic carbocycles. The van der Waals surface area contributed by atoms with Crippen LogP contribution in [0.15, 0.2) is 30.3 Å². The second-order valence-corrected chi connectivity index (χ2v) is 6.91. The minimum atomic E-state index is -0.815. The van der Waals surface area contributed by atoms with E-state index in [9.17, 15) is 9.59 Å². The topological polar surface area (TPSA) is 83.1 Å². The van der Waals surface area contributed by atoms with Crippen molar-refractivity contribution < 1.29 is 19.2 Å². The van der Waals surface area contributed by atoms with Gasteiger partial charge in [0, 0.05) is 32.2 Å². The predicted molar refractivity (Wildman–Crippen MR) is 115 cm³/mol. The number of para-hydroxylation sites is 1. The number of hydrogen-bond acceptors (Lipinski definition) is 6. The maximum Gasteiger partial charge on any atom is 0.372 e. The average molecular weight is 449 g/mol. The van der Waals surface area contributed by atoms with Gasteiger partial charge in [0.25, 0.3) is 0 Å². The van der Waals surface area contributed by atoms with E-state index in [0.29, 0.717) is 24.9 Å². The van der Waals surface area contributed by atoms with Gasteiger partial charge in [-0.2, -0.15) is 5.48 Å². The Hall–Kier alpha value is -1.74. The molecule has 8 nitrogen and oxygen atoms in total. The summed E-state index contributed by atoms with van der Waals surface area (Å²) in [5, 5.41) is 3.37. The highest BCUT2D eigenvalue weighted by Crippen LogP contribution is 2.15. The second kappa shape index (κ2) is 12.7. The zero-order valence-electron chi connectivity index (χ0n) is 16.5. The van der Waals surface area contributed by atoms with E-state index in [-0.39, 0.29) is 30.8 Å². The van der Waals surface area contributed by atoms with Crippen LogP contribution in [0.3, 0.4) is 0 Å². The maximum atomic E-state index is 12.2. The van der Waals surface area contributed by atoms with Crippen LogP contribution in [-0.4, -0.2) is 73.2 Å². The number of benzene rings is 1. The van der Waals surface area contributed by atoms with Gasteiger partial charge >= 0.3 is 12.0 Å². The number of halogens is 2. The van der Waals surface area contributed by atoms with Crippen molar-refractivity contribution >= 4 is 36.8 Å². The largest absolute Gasteiger partial charge is 0.479 e. The van der Waals surface area contributed by atoms with E-state index in [0.717, 1.165) is 39.0 Å². The number of carbonyl (C=O) groups is 2. The quantitative estimate of drug-likeness (QED) is 0.683. The van der Waals surface area contributed by atoms with Crippen LogP contribution in [-0.2, 0) is 9.63 Å². The molecule has 3 rings (SSSR count). The Morgan fingerprint density at radius 3 is 2.31 bits per heavy atom. The molecule has 2 N–H and O–H groups in total. The molecule has 1 unspecified atom stereocenters. The highest BCUT2D eigenvalue weighted by molar-refractivity contribution is 5.85. The lowest BCUT2D eigenvalue weighted by atomic mass is 10.0. The van der Waals surface area contributed by atoms with Gasteiger partial charge in [-0.3, -0.25) is 4.90 Å². The van der Waals surface area contributed by atoms with Gasteiger partial charge in [-0.15, -0.1) is 24.8 Å². The number of rotatable bonds is 4. The fourth-order valence-corrected chi connectivity index (χ4v) is 3.45. The van der Waals surface area contributed by atoms with Gasteiger partial charge in [0.15, 0.2) is 6.10 Å². The molecule has 29 heavy (non-hydrogen) atoms. The molecule has 1 aromatic rings. The van der Waals surface area contributed by atoms with Crippen molar-refractivity contribution in [1.29, 1.82) is 0 Å². The first-order valence-electron chi connectivity index (χ1n) is 9.55. The molecule has 1 aromatic carbocycles. The smallest absolute Gasteiger partial charge is 0.372 e. The molecule has 0 saturated carbocycles. The van der Waals surface area contributed by atoms with E-state index >= 15 is 0 Å². The summed E-state index contributed by atoms with van der Waals surface area (Å²) in [5.41, 5.74) is 2.24. The molecule has 2 fully saturated rings. The number of ether oxygens (including phenoxy) is 1. The molecule has 2 aliphatic heterocycles. The van der Waals surface area contributed by atoms with E-state index in [1.165, 1.54) is 0 Å². The van der Waals surface area contributed by atoms with Crippen molar-refractivity contribution in [2.75, 3.05) is 39.3 Å². The Bertz CT molecular complexity index is 624. The number of hydrogen-bond donors (Lipinski definition) is 2. The summed E-state index contributed by atoms with van der Waals surface area (Å²) in [6.45, 7) is 6.65. The average Bonchev–Trinajstić information content (AvgIpc) is 2.73. The van der Waals surface area contributed by atoms with Crippen molar-refractivity contribution in [1.82, 2.24) is 20.6 Å². The van der Waals surface area contributed by atoms with E-state index in [2.05, 4.69) is 15.7 Å². The first kappa shape index (κ1) is 25.3. The predicted octanol–water partition coefficient (Wildman–Crippen LogP) is 1.83. The molecule has 10 heteroatoms. The SMILES string of the molecule is CC(Oc1ccccc1)C(=O)ONC(=O)N1CCN(C2CCNCC2)CC1.Cl.Cl. The highest BCUT2D eigenvalue weighted by Gasteiger charge is 2.27. The van der Waals surface area contributed by atoms with Gasteiger partial charge in [0.05, 0.1) is 0 Å². The number of hydroxylamine groups is 1. The van der Waals surface area contributed by atoms with Gasteiger partial charge in [-0.1, -0.05) is 18.2 Å². The Morgan fingerprint density at radius 1 is 1.07 bits per heavy atom. The zero-order valence-corrected chi connectivity index (χ0v) is 18.2. The molecule has 164 valence electrons. The summed E-state index contributed by atoms with van der Waals surface area (Å²) >= 11 is 0. The molecule has 0 radical (unpaired) electrons. The molecule has 2 amide bonds. The molecular formula is C19H30Cl2N4O4. The summed E-state index contributed by atoms with van der Waals surface area (Å²) < 4.78 is 5.48. The molecule has 0 bridgehead atoms. The van der Waals surface area contributed by atoms with Crippen molar-refractivity contribution in [3.63, 3.8) is 0 Å². The van der Waals surface area contributed by atoms with Crippen molar-refractivity contribution in [2.45, 2.75) is 31.9 Å². The monoisotopic (exact) mass is 448 g/mol. The lowest BCUT2D eigenvalue weighted by Gasteiger charge is -2.40. The van der Waals surface area contributed by atoms with Gasteiger partial charge in [0.1, 0.15) is 5.75 Å². The van der Waals surface area contributed by atoms with Crippen LogP contribution >= 0.6 is 24.8 Å². The van der Waals surface area contributed by atoms with Gasteiger partial charge in [-0.05, 0) is 45.0 Å². The highest BCUT2D eigenvalue weighted by atomic mass is 35.5. The summed E-state index contributed by atoms with van der Waals surface area (Å²) in [6, 6.07) is 9.22. The maximum absolute atomic E-state index is 12.2. The molecule has 2 aliphatic rings.